The summed E-state index contributed by atoms with van der Waals surface area (Å²) in [6, 6.07) is 63.4. The molecular weight excluding hydrogens is 917 g/mol. The topological polar surface area (TPSA) is 118 Å². The van der Waals surface area contributed by atoms with Crippen LogP contribution in [0.25, 0.3) is 0 Å². The van der Waals surface area contributed by atoms with E-state index in [0.717, 1.165) is 38.9 Å². The van der Waals surface area contributed by atoms with Crippen LogP contribution in [0, 0.1) is 0 Å². The fraction of sp³-hybridized carbons (Fsp3) is 0.150. The van der Waals surface area contributed by atoms with Crippen LogP contribution in [0.15, 0.2) is 231 Å². The summed E-state index contributed by atoms with van der Waals surface area (Å²) < 4.78 is 50.6. The Kier molecular flexibility index (Phi) is 15.4. The maximum atomic E-state index is 6.65. The average molecular weight is 971 g/mol. The van der Waals surface area contributed by atoms with Gasteiger partial charge in [-0.1, -0.05) is 121 Å². The Morgan fingerprint density at radius 1 is 0.288 bits per heavy atom. The van der Waals surface area contributed by atoms with Crippen molar-refractivity contribution in [2.45, 2.75) is 52.0 Å². The van der Waals surface area contributed by atoms with Crippen molar-refractivity contribution in [1.29, 1.82) is 0 Å². The third-order valence-corrected chi connectivity index (χ3v) is 11.8. The molecule has 0 spiro atoms. The predicted molar refractivity (Wildman–Crippen MR) is 276 cm³/mol. The predicted octanol–water partition coefficient (Wildman–Crippen LogP) is 11.7. The molecule has 7 aromatic carbocycles. The fourth-order valence-corrected chi connectivity index (χ4v) is 8.20. The van der Waals surface area contributed by atoms with Crippen molar-refractivity contribution in [3.63, 3.8) is 0 Å². The van der Waals surface area contributed by atoms with Gasteiger partial charge in [0.05, 0.1) is 6.61 Å². The summed E-state index contributed by atoms with van der Waals surface area (Å²) in [5, 5.41) is 13.9. The molecule has 366 valence electrons. The molecular formula is C60H54N6O7. The summed E-state index contributed by atoms with van der Waals surface area (Å²) >= 11 is 0. The molecule has 0 amide bonds. The van der Waals surface area contributed by atoms with Gasteiger partial charge in [-0.15, -0.1) is 0 Å². The Morgan fingerprint density at radius 2 is 0.548 bits per heavy atom. The van der Waals surface area contributed by atoms with Gasteiger partial charge in [0.25, 0.3) is 5.79 Å². The summed E-state index contributed by atoms with van der Waals surface area (Å²) in [5.74, 6) is 2.71. The zero-order valence-electron chi connectivity index (χ0n) is 40.1. The summed E-state index contributed by atoms with van der Waals surface area (Å²) in [6.45, 7) is 2.31. The van der Waals surface area contributed by atoms with Gasteiger partial charge in [0.1, 0.15) is 80.7 Å². The number of nitrogens with zero attached hydrogens (tertiary/aromatic N) is 6. The summed E-state index contributed by atoms with van der Waals surface area (Å²) in [4.78, 5) is 0. The summed E-state index contributed by atoms with van der Waals surface area (Å²) in [6.07, 6.45) is 10.8. The molecule has 0 aliphatic carbocycles. The second-order valence-electron chi connectivity index (χ2n) is 17.2. The molecule has 0 N–H and O–H groups in total. The molecule has 0 saturated carbocycles. The molecule has 0 bridgehead atoms. The molecule has 3 heterocycles. The summed E-state index contributed by atoms with van der Waals surface area (Å²) in [5.41, 5.74) is 6.75. The Bertz CT molecular complexity index is 2850. The fourth-order valence-electron chi connectivity index (χ4n) is 8.20. The van der Waals surface area contributed by atoms with Gasteiger partial charge in [0.2, 0.25) is 0 Å². The summed E-state index contributed by atoms with van der Waals surface area (Å²) in [7, 11) is 0. The van der Waals surface area contributed by atoms with Crippen LogP contribution < -0.4 is 28.4 Å². The number of ether oxygens (including phenoxy) is 7. The molecule has 0 unspecified atom stereocenters. The lowest BCUT2D eigenvalue weighted by atomic mass is 10.2. The molecule has 0 atom stereocenters. The van der Waals surface area contributed by atoms with Crippen LogP contribution in [-0.4, -0.2) is 35.9 Å². The molecule has 3 aromatic heterocycles. The smallest absolute Gasteiger partial charge is 0.273 e. The molecule has 73 heavy (non-hydrogen) atoms. The second-order valence-corrected chi connectivity index (χ2v) is 17.2. The number of hydrogen-bond donors (Lipinski definition) is 0. The van der Waals surface area contributed by atoms with E-state index in [1.807, 2.05) is 213 Å². The second kappa shape index (κ2) is 23.7. The molecule has 0 aliphatic heterocycles. The molecule has 13 nitrogen and oxygen atoms in total. The zero-order valence-corrected chi connectivity index (χ0v) is 40.1. The molecule has 0 aliphatic rings. The minimum absolute atomic E-state index is 0.113. The number of benzene rings is 7. The van der Waals surface area contributed by atoms with Crippen LogP contribution in [0.2, 0.25) is 0 Å². The highest BCUT2D eigenvalue weighted by Gasteiger charge is 2.39. The SMILES string of the molecule is c1ccc(COc2cc(COc3cc(COCC(n4cccn4)(n4cccn4)n4cccn4)cc(OCc4cc(OCc5ccccc5)cc(OCc5ccccc5)c4)c3)cc(OCc3ccccc3)c2)cc1. The Morgan fingerprint density at radius 3 is 0.808 bits per heavy atom. The molecule has 0 fully saturated rings. The van der Waals surface area contributed by atoms with Gasteiger partial charge in [-0.05, 0) is 93.5 Å². The van der Waals surface area contributed by atoms with E-state index >= 15 is 0 Å². The molecule has 0 saturated heterocycles. The van der Waals surface area contributed by atoms with E-state index in [1.54, 1.807) is 32.6 Å². The van der Waals surface area contributed by atoms with Crippen molar-refractivity contribution in [2.75, 3.05) is 6.61 Å². The van der Waals surface area contributed by atoms with Crippen LogP contribution in [-0.2, 0) is 56.8 Å². The lowest BCUT2D eigenvalue weighted by Crippen LogP contribution is -2.52. The van der Waals surface area contributed by atoms with E-state index in [2.05, 4.69) is 15.3 Å². The van der Waals surface area contributed by atoms with Crippen LogP contribution in [0.1, 0.15) is 38.9 Å². The van der Waals surface area contributed by atoms with Crippen LogP contribution >= 0.6 is 0 Å². The number of rotatable bonds is 25. The first kappa shape index (κ1) is 47.6. The van der Waals surface area contributed by atoms with Crippen molar-refractivity contribution in [2.24, 2.45) is 0 Å². The van der Waals surface area contributed by atoms with Gasteiger partial charge >= 0.3 is 0 Å². The van der Waals surface area contributed by atoms with Gasteiger partial charge < -0.3 is 33.2 Å². The Hall–Kier alpha value is -9.07. The lowest BCUT2D eigenvalue weighted by Gasteiger charge is -2.34. The van der Waals surface area contributed by atoms with Gasteiger partial charge in [0.15, 0.2) is 0 Å². The zero-order chi connectivity index (χ0) is 49.3. The normalized spacial score (nSPS) is 11.2. The monoisotopic (exact) mass is 970 g/mol. The third kappa shape index (κ3) is 12.8. The number of aromatic nitrogens is 6. The van der Waals surface area contributed by atoms with Gasteiger partial charge in [0, 0.05) is 55.4 Å². The Balaban J connectivity index is 0.923. The highest BCUT2D eigenvalue weighted by Crippen LogP contribution is 2.31. The van der Waals surface area contributed by atoms with E-state index in [-0.39, 0.29) is 26.4 Å². The van der Waals surface area contributed by atoms with Gasteiger partial charge in [-0.2, -0.15) is 15.3 Å². The lowest BCUT2D eigenvalue weighted by molar-refractivity contribution is -0.0175. The largest absolute Gasteiger partial charge is 0.489 e. The van der Waals surface area contributed by atoms with Gasteiger partial charge in [-0.25, -0.2) is 14.0 Å². The van der Waals surface area contributed by atoms with E-state index in [0.29, 0.717) is 60.9 Å². The number of hydrogen-bond acceptors (Lipinski definition) is 10. The van der Waals surface area contributed by atoms with Crippen molar-refractivity contribution in [1.82, 2.24) is 29.3 Å². The minimum atomic E-state index is -1.09. The average Bonchev–Trinajstić information content (AvgIpc) is 4.30. The van der Waals surface area contributed by atoms with Crippen molar-refractivity contribution >= 4 is 0 Å². The van der Waals surface area contributed by atoms with E-state index in [1.165, 1.54) is 0 Å². The highest BCUT2D eigenvalue weighted by molar-refractivity contribution is 5.42. The van der Waals surface area contributed by atoms with Crippen molar-refractivity contribution in [3.8, 4) is 34.5 Å². The van der Waals surface area contributed by atoms with Crippen LogP contribution in [0.5, 0.6) is 34.5 Å². The van der Waals surface area contributed by atoms with Crippen LogP contribution in [0.4, 0.5) is 0 Å². The van der Waals surface area contributed by atoms with Crippen molar-refractivity contribution in [3.05, 3.63) is 270 Å². The minimum Gasteiger partial charge on any atom is -0.489 e. The van der Waals surface area contributed by atoms with E-state index < -0.39 is 5.79 Å². The van der Waals surface area contributed by atoms with Gasteiger partial charge in [-0.3, -0.25) is 0 Å². The first-order valence-corrected chi connectivity index (χ1v) is 24.0. The first-order chi connectivity index (χ1) is 36.1. The van der Waals surface area contributed by atoms with Crippen molar-refractivity contribution < 1.29 is 33.2 Å². The standard InChI is InChI=1S/C60H54N6O7/c1-5-16-47(17-6-1)40-68-56-32-52(33-57(37-56)69-41-48-18-7-2-8-19-48)44-72-54-30-51(39-67-46-60(64-27-13-24-61-64,65-28-14-25-62-65)66-29-15-26-63-66)31-55(36-54)73-45-53-34-58(70-42-49-20-9-3-10-21-49)38-59(35-53)71-43-50-22-11-4-12-23-50/h1-38H,39-46H2. The quantitative estimate of drug-likeness (QED) is 0.0548. The molecule has 10 aromatic rings. The maximum absolute atomic E-state index is 6.65. The van der Waals surface area contributed by atoms with Crippen LogP contribution in [0.3, 0.4) is 0 Å². The molecule has 13 heteroatoms. The first-order valence-electron chi connectivity index (χ1n) is 24.0. The highest BCUT2D eigenvalue weighted by atomic mass is 16.5. The third-order valence-electron chi connectivity index (χ3n) is 11.8. The molecule has 0 radical (unpaired) electrons. The maximum Gasteiger partial charge on any atom is 0.273 e. The molecule has 10 rings (SSSR count). The van der Waals surface area contributed by atoms with E-state index in [4.69, 9.17) is 33.2 Å². The Labute approximate surface area is 424 Å². The van der Waals surface area contributed by atoms with E-state index in [9.17, 15) is 0 Å².